The topological polar surface area (TPSA) is 72.9 Å². The molecule has 2 aliphatic rings. The maximum absolute atomic E-state index is 12.2. The lowest BCUT2D eigenvalue weighted by Gasteiger charge is -2.38. The largest absolute Gasteiger partial charge is 0.396 e. The standard InChI is InChI=1S/C17H23N3O3/c21-12-14-10-19(11-16(22)20-9-7-18-17(20)23)8-6-15(14)13-4-2-1-3-5-13/h1-5,14-15,21H,6-12H2,(H,18,23)/t14-,15+/m1/s1. The van der Waals surface area contributed by atoms with Gasteiger partial charge in [0.1, 0.15) is 0 Å². The van der Waals surface area contributed by atoms with Crippen LogP contribution in [0.15, 0.2) is 30.3 Å². The molecule has 3 rings (SSSR count). The molecule has 2 N–H and O–H groups in total. The van der Waals surface area contributed by atoms with Crippen LogP contribution < -0.4 is 5.32 Å². The Morgan fingerprint density at radius 2 is 2.04 bits per heavy atom. The Hall–Kier alpha value is -1.92. The number of carbonyl (C=O) groups is 2. The molecule has 2 aliphatic heterocycles. The fraction of sp³-hybridized carbons (Fsp3) is 0.529. The summed E-state index contributed by atoms with van der Waals surface area (Å²) in [6, 6.07) is 9.93. The van der Waals surface area contributed by atoms with Crippen molar-refractivity contribution in [2.75, 3.05) is 39.3 Å². The summed E-state index contributed by atoms with van der Waals surface area (Å²) in [6.45, 7) is 2.80. The van der Waals surface area contributed by atoms with Crippen LogP contribution in [-0.4, -0.2) is 66.2 Å². The number of benzene rings is 1. The Morgan fingerprint density at radius 1 is 1.26 bits per heavy atom. The third-order valence-corrected chi connectivity index (χ3v) is 4.80. The molecule has 0 unspecified atom stereocenters. The second kappa shape index (κ2) is 7.10. The minimum Gasteiger partial charge on any atom is -0.396 e. The third-order valence-electron chi connectivity index (χ3n) is 4.80. The molecule has 1 aromatic rings. The molecule has 2 heterocycles. The van der Waals surface area contributed by atoms with Gasteiger partial charge in [-0.25, -0.2) is 4.79 Å². The number of nitrogens with zero attached hydrogens (tertiary/aromatic N) is 2. The lowest BCUT2D eigenvalue weighted by molar-refractivity contribution is -0.129. The smallest absolute Gasteiger partial charge is 0.324 e. The maximum Gasteiger partial charge on any atom is 0.324 e. The van der Waals surface area contributed by atoms with Gasteiger partial charge >= 0.3 is 6.03 Å². The van der Waals surface area contributed by atoms with E-state index in [1.54, 1.807) is 0 Å². The van der Waals surface area contributed by atoms with Crippen molar-refractivity contribution < 1.29 is 14.7 Å². The highest BCUT2D eigenvalue weighted by molar-refractivity contribution is 5.96. The van der Waals surface area contributed by atoms with E-state index in [4.69, 9.17) is 0 Å². The molecule has 1 aromatic carbocycles. The summed E-state index contributed by atoms with van der Waals surface area (Å²) in [7, 11) is 0. The SMILES string of the molecule is O=C(CN1CC[C@@H](c2ccccc2)[C@@H](CO)C1)N1CCNC1=O. The summed E-state index contributed by atoms with van der Waals surface area (Å²) in [6.07, 6.45) is 0.911. The molecular formula is C17H23N3O3. The van der Waals surface area contributed by atoms with Gasteiger partial charge in [0, 0.05) is 32.2 Å². The quantitative estimate of drug-likeness (QED) is 0.855. The van der Waals surface area contributed by atoms with Crippen molar-refractivity contribution in [2.45, 2.75) is 12.3 Å². The summed E-state index contributed by atoms with van der Waals surface area (Å²) >= 11 is 0. The van der Waals surface area contributed by atoms with Crippen molar-refractivity contribution in [1.29, 1.82) is 0 Å². The van der Waals surface area contributed by atoms with Gasteiger partial charge in [0.2, 0.25) is 5.91 Å². The van der Waals surface area contributed by atoms with Crippen LogP contribution >= 0.6 is 0 Å². The van der Waals surface area contributed by atoms with E-state index in [-0.39, 0.29) is 31.0 Å². The first-order valence-electron chi connectivity index (χ1n) is 8.15. The minimum atomic E-state index is -0.298. The molecule has 2 atom stereocenters. The van der Waals surface area contributed by atoms with Gasteiger partial charge in [0.05, 0.1) is 6.54 Å². The Kier molecular flexibility index (Phi) is 4.93. The summed E-state index contributed by atoms with van der Waals surface area (Å²) in [5.41, 5.74) is 1.25. The summed E-state index contributed by atoms with van der Waals surface area (Å²) in [5.74, 6) is 0.281. The molecule has 2 fully saturated rings. The van der Waals surface area contributed by atoms with Crippen LogP contribution in [0.3, 0.4) is 0 Å². The average Bonchev–Trinajstić information content (AvgIpc) is 3.01. The molecule has 23 heavy (non-hydrogen) atoms. The van der Waals surface area contributed by atoms with E-state index in [1.165, 1.54) is 10.5 Å². The van der Waals surface area contributed by atoms with E-state index >= 15 is 0 Å². The Labute approximate surface area is 136 Å². The molecule has 3 amide bonds. The number of imide groups is 1. The van der Waals surface area contributed by atoms with E-state index < -0.39 is 0 Å². The van der Waals surface area contributed by atoms with Crippen molar-refractivity contribution in [1.82, 2.24) is 15.1 Å². The van der Waals surface area contributed by atoms with Gasteiger partial charge in [0.25, 0.3) is 0 Å². The number of hydrogen-bond donors (Lipinski definition) is 2. The van der Waals surface area contributed by atoms with Gasteiger partial charge in [-0.15, -0.1) is 0 Å². The lowest BCUT2D eigenvalue weighted by Crippen LogP contribution is -2.47. The number of amides is 3. The molecule has 0 saturated carbocycles. The third kappa shape index (κ3) is 3.54. The molecule has 0 radical (unpaired) electrons. The molecule has 124 valence electrons. The van der Waals surface area contributed by atoms with E-state index in [9.17, 15) is 14.7 Å². The highest BCUT2D eigenvalue weighted by Crippen LogP contribution is 2.32. The number of carbonyl (C=O) groups excluding carboxylic acids is 2. The van der Waals surface area contributed by atoms with Gasteiger partial charge in [-0.1, -0.05) is 30.3 Å². The van der Waals surface area contributed by atoms with Crippen LogP contribution in [-0.2, 0) is 4.79 Å². The van der Waals surface area contributed by atoms with E-state index in [2.05, 4.69) is 17.4 Å². The first-order chi connectivity index (χ1) is 11.2. The van der Waals surface area contributed by atoms with Crippen LogP contribution in [0.25, 0.3) is 0 Å². The number of likely N-dealkylation sites (tertiary alicyclic amines) is 1. The predicted molar refractivity (Wildman–Crippen MR) is 85.9 cm³/mol. The molecule has 0 bridgehead atoms. The number of piperidine rings is 1. The van der Waals surface area contributed by atoms with Gasteiger partial charge in [-0.05, 0) is 24.4 Å². The number of hydrogen-bond acceptors (Lipinski definition) is 4. The van der Waals surface area contributed by atoms with Crippen LogP contribution in [0.5, 0.6) is 0 Å². The van der Waals surface area contributed by atoms with Crippen molar-refractivity contribution in [3.63, 3.8) is 0 Å². The van der Waals surface area contributed by atoms with Crippen molar-refractivity contribution in [2.24, 2.45) is 5.92 Å². The summed E-state index contributed by atoms with van der Waals surface area (Å²) in [4.78, 5) is 27.1. The molecule has 6 nitrogen and oxygen atoms in total. The molecule has 2 saturated heterocycles. The van der Waals surface area contributed by atoms with Crippen LogP contribution in [0.2, 0.25) is 0 Å². The monoisotopic (exact) mass is 317 g/mol. The highest BCUT2D eigenvalue weighted by Gasteiger charge is 2.33. The molecule has 0 aliphatic carbocycles. The fourth-order valence-corrected chi connectivity index (χ4v) is 3.56. The molecule has 0 aromatic heterocycles. The van der Waals surface area contributed by atoms with Gasteiger partial charge < -0.3 is 10.4 Å². The molecule has 0 spiro atoms. The van der Waals surface area contributed by atoms with Gasteiger partial charge in [-0.3, -0.25) is 14.6 Å². The zero-order valence-corrected chi connectivity index (χ0v) is 13.1. The minimum absolute atomic E-state index is 0.106. The zero-order chi connectivity index (χ0) is 16.2. The number of rotatable bonds is 4. The van der Waals surface area contributed by atoms with E-state index in [1.807, 2.05) is 23.1 Å². The summed E-state index contributed by atoms with van der Waals surface area (Å²) < 4.78 is 0. The highest BCUT2D eigenvalue weighted by atomic mass is 16.3. The number of aliphatic hydroxyl groups is 1. The van der Waals surface area contributed by atoms with Crippen molar-refractivity contribution in [3.8, 4) is 0 Å². The van der Waals surface area contributed by atoms with Crippen molar-refractivity contribution >= 4 is 11.9 Å². The zero-order valence-electron chi connectivity index (χ0n) is 13.1. The first kappa shape index (κ1) is 16.0. The molecule has 6 heteroatoms. The lowest BCUT2D eigenvalue weighted by atomic mass is 9.81. The Balaban J connectivity index is 1.60. The Morgan fingerprint density at radius 3 is 2.70 bits per heavy atom. The van der Waals surface area contributed by atoms with Crippen LogP contribution in [0.4, 0.5) is 4.79 Å². The normalized spacial score (nSPS) is 25.4. The van der Waals surface area contributed by atoms with Gasteiger partial charge in [-0.2, -0.15) is 0 Å². The fourth-order valence-electron chi connectivity index (χ4n) is 3.56. The second-order valence-electron chi connectivity index (χ2n) is 6.26. The first-order valence-corrected chi connectivity index (χ1v) is 8.15. The average molecular weight is 317 g/mol. The van der Waals surface area contributed by atoms with Crippen LogP contribution in [0.1, 0.15) is 17.9 Å². The number of nitrogens with one attached hydrogen (secondary N) is 1. The van der Waals surface area contributed by atoms with Crippen LogP contribution in [0, 0.1) is 5.92 Å². The van der Waals surface area contributed by atoms with Crippen molar-refractivity contribution in [3.05, 3.63) is 35.9 Å². The van der Waals surface area contributed by atoms with Gasteiger partial charge in [0.15, 0.2) is 0 Å². The van der Waals surface area contributed by atoms with E-state index in [0.717, 1.165) is 13.0 Å². The number of aliphatic hydroxyl groups excluding tert-OH is 1. The molecular weight excluding hydrogens is 294 g/mol. The second-order valence-corrected chi connectivity index (χ2v) is 6.26. The maximum atomic E-state index is 12.2. The Bertz CT molecular complexity index is 563. The van der Waals surface area contributed by atoms with E-state index in [0.29, 0.717) is 25.6 Å². The predicted octanol–water partition coefficient (Wildman–Crippen LogP) is 0.636. The summed E-state index contributed by atoms with van der Waals surface area (Å²) in [5, 5.41) is 12.4. The number of urea groups is 1.